The normalized spacial score (nSPS) is 15.9. The Bertz CT molecular complexity index is 871. The molecule has 136 valence electrons. The number of aliphatic hydroxyl groups is 1. The van der Waals surface area contributed by atoms with Crippen LogP contribution in [0, 0.1) is 0 Å². The summed E-state index contributed by atoms with van der Waals surface area (Å²) in [5, 5.41) is 11.2. The second-order valence-corrected chi connectivity index (χ2v) is 7.43. The molecule has 0 aliphatic heterocycles. The summed E-state index contributed by atoms with van der Waals surface area (Å²) in [6, 6.07) is 15.7. The highest BCUT2D eigenvalue weighted by Gasteiger charge is 2.26. The molecule has 1 N–H and O–H groups in total. The lowest BCUT2D eigenvalue weighted by molar-refractivity contribution is 0.0202. The summed E-state index contributed by atoms with van der Waals surface area (Å²) >= 11 is 5.89. The van der Waals surface area contributed by atoms with E-state index in [1.807, 2.05) is 42.5 Å². The third kappa shape index (κ3) is 3.78. The first-order valence-electron chi connectivity index (χ1n) is 9.16. The Morgan fingerprint density at radius 1 is 1.15 bits per heavy atom. The third-order valence-corrected chi connectivity index (χ3v) is 5.29. The highest BCUT2D eigenvalue weighted by atomic mass is 35.5. The van der Waals surface area contributed by atoms with Gasteiger partial charge in [0.25, 0.3) is 0 Å². The van der Waals surface area contributed by atoms with Crippen LogP contribution in [0.1, 0.15) is 36.6 Å². The van der Waals surface area contributed by atoms with Gasteiger partial charge in [0.15, 0.2) is 0 Å². The third-order valence-electron chi connectivity index (χ3n) is 5.04. The molecule has 3 aromatic rings. The van der Waals surface area contributed by atoms with Crippen molar-refractivity contribution in [2.24, 2.45) is 0 Å². The highest BCUT2D eigenvalue weighted by Crippen LogP contribution is 2.37. The number of imidazole rings is 1. The average molecular weight is 371 g/mol. The van der Waals surface area contributed by atoms with E-state index < -0.39 is 6.10 Å². The molecule has 4 rings (SSSR count). The number of nitrogens with zero attached hydrogens (tertiary/aromatic N) is 2. The molecule has 1 atom stereocenters. The summed E-state index contributed by atoms with van der Waals surface area (Å²) in [5.74, 6) is 1.62. The van der Waals surface area contributed by atoms with Gasteiger partial charge in [-0.3, -0.25) is 0 Å². The van der Waals surface area contributed by atoms with Gasteiger partial charge in [0.05, 0.1) is 36.9 Å². The molecular weight excluding hydrogens is 348 g/mol. The van der Waals surface area contributed by atoms with Gasteiger partial charge in [-0.15, -0.1) is 0 Å². The summed E-state index contributed by atoms with van der Waals surface area (Å²) in [7, 11) is 0. The number of ether oxygens (including phenoxy) is 1. The highest BCUT2D eigenvalue weighted by molar-refractivity contribution is 6.30. The second-order valence-electron chi connectivity index (χ2n) is 6.99. The summed E-state index contributed by atoms with van der Waals surface area (Å²) in [6.45, 7) is 1.26. The van der Waals surface area contributed by atoms with Crippen molar-refractivity contribution in [3.05, 3.63) is 64.9 Å². The lowest BCUT2D eigenvalue weighted by Crippen LogP contribution is -2.25. The van der Waals surface area contributed by atoms with Crippen LogP contribution in [0.15, 0.2) is 48.5 Å². The average Bonchev–Trinajstić information content (AvgIpc) is 2.93. The zero-order chi connectivity index (χ0) is 17.9. The van der Waals surface area contributed by atoms with E-state index in [1.165, 1.54) is 19.3 Å². The zero-order valence-corrected chi connectivity index (χ0v) is 15.4. The zero-order valence-electron chi connectivity index (χ0n) is 14.6. The van der Waals surface area contributed by atoms with Crippen molar-refractivity contribution in [1.29, 1.82) is 0 Å². The van der Waals surface area contributed by atoms with Crippen LogP contribution in [0.25, 0.3) is 11.0 Å². The number of aliphatic hydroxyl groups excluding tert-OH is 1. The molecule has 0 spiro atoms. The number of hydrogen-bond donors (Lipinski definition) is 1. The summed E-state index contributed by atoms with van der Waals surface area (Å²) in [6.07, 6.45) is 3.07. The maximum Gasteiger partial charge on any atom is 0.113 e. The molecule has 1 aliphatic rings. The van der Waals surface area contributed by atoms with Gasteiger partial charge in [0, 0.05) is 10.9 Å². The quantitative estimate of drug-likeness (QED) is 0.664. The van der Waals surface area contributed by atoms with Crippen molar-refractivity contribution in [1.82, 2.24) is 9.55 Å². The second kappa shape index (κ2) is 7.78. The van der Waals surface area contributed by atoms with Gasteiger partial charge in [-0.25, -0.2) is 4.98 Å². The van der Waals surface area contributed by atoms with E-state index in [-0.39, 0.29) is 0 Å². The minimum Gasteiger partial charge on any atom is -0.389 e. The lowest BCUT2D eigenvalue weighted by Gasteiger charge is -2.26. The number of rotatable bonds is 7. The fraction of sp³-hybridized carbons (Fsp3) is 0.381. The number of benzene rings is 2. The van der Waals surface area contributed by atoms with Gasteiger partial charge in [0.1, 0.15) is 5.82 Å². The van der Waals surface area contributed by atoms with Gasteiger partial charge in [-0.05, 0) is 42.7 Å². The van der Waals surface area contributed by atoms with Crippen LogP contribution in [0.3, 0.4) is 0 Å². The fourth-order valence-electron chi connectivity index (χ4n) is 3.42. The Morgan fingerprint density at radius 3 is 2.65 bits per heavy atom. The van der Waals surface area contributed by atoms with E-state index >= 15 is 0 Å². The standard InChI is InChI=1S/C21H23ClN2O2/c22-17-10-8-15(9-11-17)13-26-14-18(25)12-24-20-7-2-1-6-19(20)23-21(24)16-4-3-5-16/h1-2,6-11,16,18,25H,3-5,12-14H2. The van der Waals surface area contributed by atoms with E-state index in [1.54, 1.807) is 0 Å². The van der Waals surface area contributed by atoms with Gasteiger partial charge in [-0.1, -0.05) is 42.3 Å². The summed E-state index contributed by atoms with van der Waals surface area (Å²) in [4.78, 5) is 4.82. The van der Waals surface area contributed by atoms with Crippen molar-refractivity contribution < 1.29 is 9.84 Å². The van der Waals surface area contributed by atoms with Gasteiger partial charge >= 0.3 is 0 Å². The van der Waals surface area contributed by atoms with Crippen molar-refractivity contribution in [2.75, 3.05) is 6.61 Å². The molecule has 1 heterocycles. The van der Waals surface area contributed by atoms with Crippen LogP contribution in [0.2, 0.25) is 5.02 Å². The monoisotopic (exact) mass is 370 g/mol. The summed E-state index contributed by atoms with van der Waals surface area (Å²) < 4.78 is 7.87. The largest absolute Gasteiger partial charge is 0.389 e. The van der Waals surface area contributed by atoms with E-state index in [2.05, 4.69) is 10.6 Å². The Morgan fingerprint density at radius 2 is 1.92 bits per heavy atom. The van der Waals surface area contributed by atoms with E-state index in [4.69, 9.17) is 21.3 Å². The number of halogens is 1. The van der Waals surface area contributed by atoms with Crippen LogP contribution in [-0.2, 0) is 17.9 Å². The predicted molar refractivity (Wildman–Crippen MR) is 103 cm³/mol. The molecule has 26 heavy (non-hydrogen) atoms. The van der Waals surface area contributed by atoms with E-state index in [0.29, 0.717) is 30.7 Å². The Balaban J connectivity index is 1.42. The lowest BCUT2D eigenvalue weighted by atomic mass is 9.85. The van der Waals surface area contributed by atoms with Crippen LogP contribution in [0.5, 0.6) is 0 Å². The molecule has 0 amide bonds. The SMILES string of the molecule is OC(COCc1ccc(Cl)cc1)Cn1c(C2CCC2)nc2ccccc21. The summed E-state index contributed by atoms with van der Waals surface area (Å²) in [5.41, 5.74) is 3.14. The van der Waals surface area contributed by atoms with Gasteiger partial charge in [0.2, 0.25) is 0 Å². The van der Waals surface area contributed by atoms with E-state index in [9.17, 15) is 5.11 Å². The number of fused-ring (bicyclic) bond motifs is 1. The number of para-hydroxylation sites is 2. The minimum atomic E-state index is -0.571. The van der Waals surface area contributed by atoms with Crippen LogP contribution in [-0.4, -0.2) is 27.4 Å². The maximum atomic E-state index is 10.5. The smallest absolute Gasteiger partial charge is 0.113 e. The van der Waals surface area contributed by atoms with Crippen molar-refractivity contribution in [3.8, 4) is 0 Å². The first kappa shape index (κ1) is 17.5. The molecule has 4 nitrogen and oxygen atoms in total. The van der Waals surface area contributed by atoms with Crippen LogP contribution in [0.4, 0.5) is 0 Å². The molecule has 5 heteroatoms. The Hall–Kier alpha value is -1.88. The number of hydrogen-bond acceptors (Lipinski definition) is 3. The Kier molecular flexibility index (Phi) is 5.25. The minimum absolute atomic E-state index is 0.291. The van der Waals surface area contributed by atoms with Crippen molar-refractivity contribution >= 4 is 22.6 Å². The van der Waals surface area contributed by atoms with Gasteiger partial charge < -0.3 is 14.4 Å². The number of aromatic nitrogens is 2. The molecular formula is C21H23ClN2O2. The Labute approximate surface area is 158 Å². The van der Waals surface area contributed by atoms with Crippen LogP contribution < -0.4 is 0 Å². The first-order valence-corrected chi connectivity index (χ1v) is 9.54. The maximum absolute atomic E-state index is 10.5. The fourth-order valence-corrected chi connectivity index (χ4v) is 3.55. The molecule has 1 aromatic heterocycles. The van der Waals surface area contributed by atoms with Gasteiger partial charge in [-0.2, -0.15) is 0 Å². The molecule has 1 fully saturated rings. The first-order chi connectivity index (χ1) is 12.7. The van der Waals surface area contributed by atoms with Crippen molar-refractivity contribution in [2.45, 2.75) is 44.4 Å². The topological polar surface area (TPSA) is 47.3 Å². The van der Waals surface area contributed by atoms with E-state index in [0.717, 1.165) is 22.4 Å². The van der Waals surface area contributed by atoms with Crippen molar-refractivity contribution in [3.63, 3.8) is 0 Å². The molecule has 1 saturated carbocycles. The molecule has 1 unspecified atom stereocenters. The molecule has 1 aliphatic carbocycles. The predicted octanol–water partition coefficient (Wildman–Crippen LogP) is 4.53. The molecule has 2 aromatic carbocycles. The molecule has 0 saturated heterocycles. The molecule has 0 radical (unpaired) electrons. The molecule has 0 bridgehead atoms. The van der Waals surface area contributed by atoms with Crippen LogP contribution >= 0.6 is 11.6 Å².